The van der Waals surface area contributed by atoms with Crippen LogP contribution in [0.4, 0.5) is 0 Å². The van der Waals surface area contributed by atoms with Crippen molar-refractivity contribution in [3.05, 3.63) is 54.0 Å². The molecule has 0 radical (unpaired) electrons. The number of benzene rings is 1. The number of hydrogen-bond acceptors (Lipinski definition) is 5. The molecule has 0 spiro atoms. The summed E-state index contributed by atoms with van der Waals surface area (Å²) in [6.07, 6.45) is 2.28. The topological polar surface area (TPSA) is 65.7 Å². The zero-order chi connectivity index (χ0) is 14.4. The first-order chi connectivity index (χ1) is 9.69. The van der Waals surface area contributed by atoms with E-state index in [1.165, 1.54) is 7.11 Å². The molecule has 0 fully saturated rings. The molecule has 0 saturated heterocycles. The molecule has 0 aliphatic carbocycles. The molecule has 5 heteroatoms. The van der Waals surface area contributed by atoms with Gasteiger partial charge in [-0.05, 0) is 36.4 Å². The van der Waals surface area contributed by atoms with Gasteiger partial charge in [0, 0.05) is 6.42 Å². The molecule has 1 aromatic carbocycles. The smallest absolute Gasteiger partial charge is 0.337 e. The van der Waals surface area contributed by atoms with Gasteiger partial charge in [-0.2, -0.15) is 0 Å². The van der Waals surface area contributed by atoms with Crippen molar-refractivity contribution in [3.63, 3.8) is 0 Å². The van der Waals surface area contributed by atoms with Gasteiger partial charge in [-0.25, -0.2) is 4.79 Å². The lowest BCUT2D eigenvalue weighted by atomic mass is 10.2. The van der Waals surface area contributed by atoms with E-state index < -0.39 is 5.97 Å². The molecule has 0 amide bonds. The quantitative estimate of drug-likeness (QED) is 0.619. The first-order valence-electron chi connectivity index (χ1n) is 6.10. The predicted molar refractivity (Wildman–Crippen MR) is 70.4 cm³/mol. The maximum atomic E-state index is 11.6. The van der Waals surface area contributed by atoms with Crippen molar-refractivity contribution in [2.75, 3.05) is 7.11 Å². The summed E-state index contributed by atoms with van der Waals surface area (Å²) in [6.45, 7) is 0. The highest BCUT2D eigenvalue weighted by atomic mass is 16.5. The molecule has 0 aliphatic heterocycles. The number of carbonyl (C=O) groups excluding carboxylic acids is 2. The lowest BCUT2D eigenvalue weighted by molar-refractivity contribution is -0.134. The highest BCUT2D eigenvalue weighted by Gasteiger charge is 2.09. The van der Waals surface area contributed by atoms with Crippen LogP contribution in [0.3, 0.4) is 0 Å². The Hall–Kier alpha value is -2.56. The van der Waals surface area contributed by atoms with E-state index in [1.807, 2.05) is 0 Å². The van der Waals surface area contributed by atoms with Crippen molar-refractivity contribution in [3.8, 4) is 5.75 Å². The van der Waals surface area contributed by atoms with Gasteiger partial charge in [-0.3, -0.25) is 4.79 Å². The van der Waals surface area contributed by atoms with Gasteiger partial charge in [0.05, 0.1) is 25.4 Å². The van der Waals surface area contributed by atoms with E-state index >= 15 is 0 Å². The molecule has 5 nitrogen and oxygen atoms in total. The van der Waals surface area contributed by atoms with Crippen LogP contribution in [-0.2, 0) is 16.0 Å². The third-order valence-corrected chi connectivity index (χ3v) is 2.66. The molecular formula is C15H14O5. The molecule has 0 saturated carbocycles. The molecule has 0 N–H and O–H groups in total. The van der Waals surface area contributed by atoms with Gasteiger partial charge in [-0.1, -0.05) is 0 Å². The fraction of sp³-hybridized carbons (Fsp3) is 0.200. The van der Waals surface area contributed by atoms with Crippen LogP contribution in [0.5, 0.6) is 5.75 Å². The summed E-state index contributed by atoms with van der Waals surface area (Å²) in [5.74, 6) is 0.345. The zero-order valence-corrected chi connectivity index (χ0v) is 11.0. The molecule has 0 unspecified atom stereocenters. The Morgan fingerprint density at radius 3 is 2.50 bits per heavy atom. The summed E-state index contributed by atoms with van der Waals surface area (Å²) in [7, 11) is 1.31. The van der Waals surface area contributed by atoms with Crippen molar-refractivity contribution in [1.82, 2.24) is 0 Å². The van der Waals surface area contributed by atoms with Crippen molar-refractivity contribution in [1.29, 1.82) is 0 Å². The average molecular weight is 274 g/mol. The van der Waals surface area contributed by atoms with Gasteiger partial charge in [-0.15, -0.1) is 0 Å². The SMILES string of the molecule is COC(=O)c1ccc(OC(=O)CCc2ccco2)cc1. The van der Waals surface area contributed by atoms with Crippen LogP contribution in [0, 0.1) is 0 Å². The van der Waals surface area contributed by atoms with Crippen LogP contribution < -0.4 is 4.74 Å². The molecule has 2 rings (SSSR count). The van der Waals surface area contributed by atoms with E-state index in [0.29, 0.717) is 17.7 Å². The summed E-state index contributed by atoms with van der Waals surface area (Å²) in [5, 5.41) is 0. The Bertz CT molecular complexity index is 569. The number of esters is 2. The molecule has 0 bridgehead atoms. The fourth-order valence-electron chi connectivity index (χ4n) is 1.64. The molecule has 1 aromatic heterocycles. The number of aryl methyl sites for hydroxylation is 1. The van der Waals surface area contributed by atoms with Gasteiger partial charge in [0.2, 0.25) is 0 Å². The van der Waals surface area contributed by atoms with E-state index in [-0.39, 0.29) is 12.4 Å². The number of hydrogen-bond donors (Lipinski definition) is 0. The third kappa shape index (κ3) is 3.71. The van der Waals surface area contributed by atoms with E-state index in [4.69, 9.17) is 9.15 Å². The van der Waals surface area contributed by atoms with Gasteiger partial charge in [0.1, 0.15) is 11.5 Å². The van der Waals surface area contributed by atoms with Gasteiger partial charge >= 0.3 is 11.9 Å². The van der Waals surface area contributed by atoms with Gasteiger partial charge in [0.15, 0.2) is 0 Å². The van der Waals surface area contributed by atoms with E-state index in [9.17, 15) is 9.59 Å². The van der Waals surface area contributed by atoms with Crippen LogP contribution in [0.1, 0.15) is 22.5 Å². The van der Waals surface area contributed by atoms with Crippen LogP contribution in [0.15, 0.2) is 47.1 Å². The Morgan fingerprint density at radius 1 is 1.15 bits per heavy atom. The maximum absolute atomic E-state index is 11.6. The highest BCUT2D eigenvalue weighted by Crippen LogP contribution is 2.14. The van der Waals surface area contributed by atoms with E-state index in [2.05, 4.69) is 4.74 Å². The predicted octanol–water partition coefficient (Wildman–Crippen LogP) is 2.60. The second kappa shape index (κ2) is 6.56. The van der Waals surface area contributed by atoms with Gasteiger partial charge < -0.3 is 13.9 Å². The van der Waals surface area contributed by atoms with Crippen molar-refractivity contribution >= 4 is 11.9 Å². The molecule has 0 atom stereocenters. The lowest BCUT2D eigenvalue weighted by Crippen LogP contribution is -2.09. The minimum absolute atomic E-state index is 0.228. The van der Waals surface area contributed by atoms with Crippen molar-refractivity contribution < 1.29 is 23.5 Å². The van der Waals surface area contributed by atoms with Crippen molar-refractivity contribution in [2.45, 2.75) is 12.8 Å². The average Bonchev–Trinajstić information content (AvgIpc) is 2.98. The molecule has 20 heavy (non-hydrogen) atoms. The first-order valence-corrected chi connectivity index (χ1v) is 6.10. The van der Waals surface area contributed by atoms with Crippen LogP contribution in [0.25, 0.3) is 0 Å². The van der Waals surface area contributed by atoms with Crippen LogP contribution in [0.2, 0.25) is 0 Å². The standard InChI is InChI=1S/C15H14O5/c1-18-15(17)11-4-6-13(7-5-11)20-14(16)9-8-12-3-2-10-19-12/h2-7,10H,8-9H2,1H3. The number of carbonyl (C=O) groups is 2. The lowest BCUT2D eigenvalue weighted by Gasteiger charge is -2.04. The van der Waals surface area contributed by atoms with Crippen molar-refractivity contribution in [2.24, 2.45) is 0 Å². The summed E-state index contributed by atoms with van der Waals surface area (Å²) in [4.78, 5) is 22.9. The maximum Gasteiger partial charge on any atom is 0.337 e. The van der Waals surface area contributed by atoms with E-state index in [1.54, 1.807) is 42.7 Å². The Morgan fingerprint density at radius 2 is 1.90 bits per heavy atom. The van der Waals surface area contributed by atoms with Crippen LogP contribution in [-0.4, -0.2) is 19.0 Å². The number of furan rings is 1. The minimum atomic E-state index is -0.430. The largest absolute Gasteiger partial charge is 0.469 e. The molecule has 0 aliphatic rings. The zero-order valence-electron chi connectivity index (χ0n) is 11.0. The summed E-state index contributed by atoms with van der Waals surface area (Å²) >= 11 is 0. The summed E-state index contributed by atoms with van der Waals surface area (Å²) < 4.78 is 14.9. The molecular weight excluding hydrogens is 260 g/mol. The Labute approximate surface area is 116 Å². The molecule has 2 aromatic rings. The molecule has 104 valence electrons. The molecule has 1 heterocycles. The van der Waals surface area contributed by atoms with Gasteiger partial charge in [0.25, 0.3) is 0 Å². The number of rotatable bonds is 5. The Balaban J connectivity index is 1.86. The van der Waals surface area contributed by atoms with Crippen LogP contribution >= 0.6 is 0 Å². The number of ether oxygens (including phenoxy) is 2. The minimum Gasteiger partial charge on any atom is -0.469 e. The number of methoxy groups -OCH3 is 1. The Kier molecular flexibility index (Phi) is 4.55. The third-order valence-electron chi connectivity index (χ3n) is 2.66. The monoisotopic (exact) mass is 274 g/mol. The first kappa shape index (κ1) is 13.9. The second-order valence-electron chi connectivity index (χ2n) is 4.07. The highest BCUT2D eigenvalue weighted by molar-refractivity contribution is 5.89. The fourth-order valence-corrected chi connectivity index (χ4v) is 1.64. The second-order valence-corrected chi connectivity index (χ2v) is 4.07. The summed E-state index contributed by atoms with van der Waals surface area (Å²) in [5.41, 5.74) is 0.405. The van der Waals surface area contributed by atoms with E-state index in [0.717, 1.165) is 5.76 Å². The summed E-state index contributed by atoms with van der Waals surface area (Å²) in [6, 6.07) is 9.76. The normalized spacial score (nSPS) is 10.1.